The summed E-state index contributed by atoms with van der Waals surface area (Å²) in [7, 11) is 0. The molecule has 0 radical (unpaired) electrons. The lowest BCUT2D eigenvalue weighted by Gasteiger charge is -2.41. The molecule has 0 spiro atoms. The Kier molecular flexibility index (Phi) is 8.70. The van der Waals surface area contributed by atoms with Crippen molar-refractivity contribution in [1.82, 2.24) is 15.0 Å². The third-order valence-corrected chi connectivity index (χ3v) is 10.9. The molecule has 10 rings (SSSR count). The summed E-state index contributed by atoms with van der Waals surface area (Å²) in [5.41, 5.74) is 11.2. The molecule has 5 heteroatoms. The molecule has 0 aliphatic carbocycles. The van der Waals surface area contributed by atoms with E-state index in [-0.39, 0.29) is 0 Å². The van der Waals surface area contributed by atoms with E-state index < -0.39 is 5.41 Å². The first-order valence-corrected chi connectivity index (χ1v) is 19.2. The maximum atomic E-state index is 7.33. The highest BCUT2D eigenvalue weighted by Crippen LogP contribution is 2.55. The average Bonchev–Trinajstić information content (AvgIpc) is 3.31. The predicted molar refractivity (Wildman–Crippen MR) is 232 cm³/mol. The van der Waals surface area contributed by atoms with Gasteiger partial charge in [-0.1, -0.05) is 194 Å². The zero-order valence-corrected chi connectivity index (χ0v) is 31.3. The lowest BCUT2D eigenvalue weighted by Crippen LogP contribution is -2.34. The smallest absolute Gasteiger partial charge is 0.187 e. The number of para-hydroxylation sites is 1. The van der Waals surface area contributed by atoms with E-state index in [9.17, 15) is 0 Å². The zero-order chi connectivity index (χ0) is 38.9. The fourth-order valence-corrected chi connectivity index (χ4v) is 8.19. The van der Waals surface area contributed by atoms with Crippen molar-refractivity contribution in [3.8, 4) is 67.9 Å². The van der Waals surface area contributed by atoms with E-state index in [0.717, 1.165) is 72.7 Å². The minimum Gasteiger partial charge on any atom is -0.457 e. The summed E-state index contributed by atoms with van der Waals surface area (Å²) in [5, 5.41) is 0. The Hall–Kier alpha value is -7.94. The van der Waals surface area contributed by atoms with Crippen molar-refractivity contribution in [3.63, 3.8) is 0 Å². The van der Waals surface area contributed by atoms with Gasteiger partial charge in [0, 0.05) is 27.8 Å². The summed E-state index contributed by atoms with van der Waals surface area (Å²) < 4.78 is 6.83. The molecular weight excluding hydrogens is 709 g/mol. The second-order valence-corrected chi connectivity index (χ2v) is 14.2. The zero-order valence-electron chi connectivity index (χ0n) is 31.3. The van der Waals surface area contributed by atoms with Crippen molar-refractivity contribution < 1.29 is 4.74 Å². The lowest BCUT2D eigenvalue weighted by molar-refractivity contribution is 0.434. The minimum atomic E-state index is -0.632. The Morgan fingerprint density at radius 2 is 0.862 bits per heavy atom. The first-order chi connectivity index (χ1) is 28.7. The molecule has 0 N–H and O–H groups in total. The van der Waals surface area contributed by atoms with Crippen LogP contribution >= 0.6 is 0 Å². The highest BCUT2D eigenvalue weighted by Gasteiger charge is 2.45. The molecule has 0 atom stereocenters. The van der Waals surface area contributed by atoms with E-state index in [0.29, 0.717) is 23.2 Å². The van der Waals surface area contributed by atoms with E-state index in [1.54, 1.807) is 0 Å². The van der Waals surface area contributed by atoms with Crippen LogP contribution in [0.25, 0.3) is 61.3 Å². The van der Waals surface area contributed by atoms with Crippen LogP contribution in [0.15, 0.2) is 206 Å². The summed E-state index contributed by atoms with van der Waals surface area (Å²) in [6, 6.07) is 70.5. The molecule has 1 aliphatic rings. The van der Waals surface area contributed by atoms with E-state index in [4.69, 9.17) is 26.3 Å². The van der Waals surface area contributed by atoms with Crippen LogP contribution in [0, 0.1) is 6.57 Å². The average molecular weight is 743 g/mol. The van der Waals surface area contributed by atoms with Crippen LogP contribution in [0.3, 0.4) is 0 Å². The van der Waals surface area contributed by atoms with Crippen molar-refractivity contribution in [2.24, 2.45) is 0 Å². The number of ether oxygens (including phenoxy) is 1. The Morgan fingerprint density at radius 3 is 1.52 bits per heavy atom. The monoisotopic (exact) mass is 742 g/mol. The third-order valence-electron chi connectivity index (χ3n) is 10.9. The Balaban J connectivity index is 1.16. The van der Waals surface area contributed by atoms with E-state index >= 15 is 0 Å². The van der Waals surface area contributed by atoms with Gasteiger partial charge in [0.15, 0.2) is 23.2 Å². The molecule has 2 heterocycles. The molecule has 0 unspecified atom stereocenters. The van der Waals surface area contributed by atoms with Crippen molar-refractivity contribution in [2.45, 2.75) is 5.41 Å². The van der Waals surface area contributed by atoms with Gasteiger partial charge in [0.05, 0.1) is 12.0 Å². The SMILES string of the molecule is [C-]#[N+]c1ccc(-c2ccc(-c3nc(-c4ccc5c(c4)Oc4ccccc4C5(c4ccccc4)c4ccccc4)nc(-c4ccccc4-c4ccccc4)n3)cc2)cc1. The van der Waals surface area contributed by atoms with Crippen LogP contribution in [0.1, 0.15) is 22.3 Å². The molecule has 58 heavy (non-hydrogen) atoms. The van der Waals surface area contributed by atoms with Gasteiger partial charge in [-0.15, -0.1) is 0 Å². The Labute approximate surface area is 337 Å². The number of aromatic nitrogens is 3. The Bertz CT molecular complexity index is 2920. The molecule has 1 aromatic heterocycles. The van der Waals surface area contributed by atoms with E-state index in [1.165, 1.54) is 0 Å². The minimum absolute atomic E-state index is 0.539. The topological polar surface area (TPSA) is 52.3 Å². The van der Waals surface area contributed by atoms with Gasteiger partial charge in [-0.05, 0) is 45.5 Å². The number of nitrogens with zero attached hydrogens (tertiary/aromatic N) is 4. The van der Waals surface area contributed by atoms with Crippen molar-refractivity contribution in [2.75, 3.05) is 0 Å². The molecule has 0 fully saturated rings. The molecule has 272 valence electrons. The number of hydrogen-bond acceptors (Lipinski definition) is 4. The number of fused-ring (bicyclic) bond motifs is 2. The highest BCUT2D eigenvalue weighted by atomic mass is 16.5. The summed E-state index contributed by atoms with van der Waals surface area (Å²) in [4.78, 5) is 19.1. The summed E-state index contributed by atoms with van der Waals surface area (Å²) in [6.45, 7) is 7.33. The van der Waals surface area contributed by atoms with Gasteiger partial charge in [-0.2, -0.15) is 0 Å². The van der Waals surface area contributed by atoms with Gasteiger partial charge in [-0.3, -0.25) is 0 Å². The van der Waals surface area contributed by atoms with Gasteiger partial charge < -0.3 is 4.74 Å². The number of hydrogen-bond donors (Lipinski definition) is 0. The van der Waals surface area contributed by atoms with Gasteiger partial charge in [-0.25, -0.2) is 19.8 Å². The standard InChI is InChI=1S/C53H34N4O/c1-54-43-32-29-37(30-33-43)36-25-27-39(28-26-36)50-55-51(57-52(56-50)45-22-12-11-21-44(45)38-15-5-2-6-16-38)40-31-34-47-49(35-40)58-48-24-14-13-23-46(48)53(47,41-17-7-3-8-18-41)42-19-9-4-10-20-42/h2-35H. The second kappa shape index (κ2) is 14.6. The molecule has 1 aliphatic heterocycles. The molecule has 8 aromatic carbocycles. The highest BCUT2D eigenvalue weighted by molar-refractivity contribution is 5.82. The summed E-state index contributed by atoms with van der Waals surface area (Å²) in [5.74, 6) is 3.22. The van der Waals surface area contributed by atoms with Crippen molar-refractivity contribution >= 4 is 5.69 Å². The fourth-order valence-electron chi connectivity index (χ4n) is 8.19. The number of rotatable bonds is 7. The molecule has 0 saturated carbocycles. The van der Waals surface area contributed by atoms with E-state index in [1.807, 2.05) is 78.9 Å². The van der Waals surface area contributed by atoms with Crippen LogP contribution < -0.4 is 4.74 Å². The number of benzene rings is 8. The van der Waals surface area contributed by atoms with Gasteiger partial charge in [0.1, 0.15) is 11.5 Å². The normalized spacial score (nSPS) is 12.4. The molecule has 0 bridgehead atoms. The molecule has 0 saturated heterocycles. The summed E-state index contributed by atoms with van der Waals surface area (Å²) in [6.07, 6.45) is 0. The van der Waals surface area contributed by atoms with Crippen LogP contribution in [0.4, 0.5) is 5.69 Å². The third kappa shape index (κ3) is 6.01. The first kappa shape index (κ1) is 34.5. The molecule has 0 amide bonds. The lowest BCUT2D eigenvalue weighted by atomic mass is 9.63. The maximum Gasteiger partial charge on any atom is 0.187 e. The van der Waals surface area contributed by atoms with Gasteiger partial charge in [0.25, 0.3) is 0 Å². The fraction of sp³-hybridized carbons (Fsp3) is 0.0189. The van der Waals surface area contributed by atoms with Gasteiger partial charge >= 0.3 is 0 Å². The molecule has 9 aromatic rings. The predicted octanol–water partition coefficient (Wildman–Crippen LogP) is 13.2. The van der Waals surface area contributed by atoms with Crippen molar-refractivity contribution in [3.05, 3.63) is 240 Å². The first-order valence-electron chi connectivity index (χ1n) is 19.2. The van der Waals surface area contributed by atoms with Crippen LogP contribution in [-0.2, 0) is 5.41 Å². The second-order valence-electron chi connectivity index (χ2n) is 14.2. The Morgan fingerprint density at radius 1 is 0.379 bits per heavy atom. The summed E-state index contributed by atoms with van der Waals surface area (Å²) >= 11 is 0. The molecular formula is C53H34N4O. The van der Waals surface area contributed by atoms with Gasteiger partial charge in [0.2, 0.25) is 0 Å². The van der Waals surface area contributed by atoms with Crippen molar-refractivity contribution in [1.29, 1.82) is 0 Å². The quantitative estimate of drug-likeness (QED) is 0.153. The van der Waals surface area contributed by atoms with Crippen LogP contribution in [0.2, 0.25) is 0 Å². The molecule has 5 nitrogen and oxygen atoms in total. The largest absolute Gasteiger partial charge is 0.457 e. The van der Waals surface area contributed by atoms with Crippen LogP contribution in [0.5, 0.6) is 11.5 Å². The van der Waals surface area contributed by atoms with Crippen LogP contribution in [-0.4, -0.2) is 15.0 Å². The maximum absolute atomic E-state index is 7.33. The van der Waals surface area contributed by atoms with E-state index in [2.05, 4.69) is 132 Å².